The number of anilines is 2. The SMILES string of the molecule is C=Cc1cc2c(cc1C(=O)N(C)C1CCN(C)CC1)NC(C1C(=O)NC=CC1NCCCOc1ccc(F)cc1)N2. The predicted octanol–water partition coefficient (Wildman–Crippen LogP) is 3.49. The van der Waals surface area contributed by atoms with E-state index in [9.17, 15) is 14.0 Å². The maximum Gasteiger partial charge on any atom is 0.254 e. The van der Waals surface area contributed by atoms with E-state index in [0.29, 0.717) is 30.9 Å². The van der Waals surface area contributed by atoms with Crippen LogP contribution in [0.15, 0.2) is 55.3 Å². The number of nitrogens with zero attached hydrogens (tertiary/aromatic N) is 2. The van der Waals surface area contributed by atoms with Gasteiger partial charge in [-0.25, -0.2) is 4.39 Å². The zero-order valence-electron chi connectivity index (χ0n) is 23.7. The van der Waals surface area contributed by atoms with E-state index < -0.39 is 5.92 Å². The molecule has 4 N–H and O–H groups in total. The van der Waals surface area contributed by atoms with Gasteiger partial charge in [-0.3, -0.25) is 9.59 Å². The minimum Gasteiger partial charge on any atom is -0.494 e. The van der Waals surface area contributed by atoms with Crippen molar-refractivity contribution < 1.29 is 18.7 Å². The van der Waals surface area contributed by atoms with Gasteiger partial charge in [-0.1, -0.05) is 18.7 Å². The molecule has 0 spiro atoms. The highest BCUT2D eigenvalue weighted by Crippen LogP contribution is 2.36. The lowest BCUT2D eigenvalue weighted by atomic mass is 9.93. The Morgan fingerprint density at radius 1 is 1.20 bits per heavy atom. The van der Waals surface area contributed by atoms with Crippen molar-refractivity contribution in [3.63, 3.8) is 0 Å². The molecule has 3 aliphatic rings. The molecule has 3 unspecified atom stereocenters. The molecule has 2 amide bonds. The van der Waals surface area contributed by atoms with Gasteiger partial charge in [-0.2, -0.15) is 0 Å². The maximum absolute atomic E-state index is 13.6. The number of fused-ring (bicyclic) bond motifs is 1. The molecular formula is C31H39FN6O3. The molecule has 2 aromatic carbocycles. The van der Waals surface area contributed by atoms with Gasteiger partial charge in [0.1, 0.15) is 17.7 Å². The molecular weight excluding hydrogens is 523 g/mol. The van der Waals surface area contributed by atoms with Gasteiger partial charge in [0.2, 0.25) is 5.91 Å². The normalized spacial score (nSPS) is 22.3. The largest absolute Gasteiger partial charge is 0.494 e. The van der Waals surface area contributed by atoms with Crippen molar-refractivity contribution in [2.45, 2.75) is 37.5 Å². The standard InChI is InChI=1S/C31H39FN6O3/c1-4-20-18-26-27(19-24(20)31(40)38(3)22-11-15-37(2)16-12-22)36-29(35-26)28-25(10-14-34-30(28)39)33-13-5-17-41-23-8-6-21(32)7-9-23/h4,6-10,14,18-19,22,25,28-29,33,35-36H,1,5,11-13,15-17H2,2-3H3,(H,34,39). The number of amides is 2. The summed E-state index contributed by atoms with van der Waals surface area (Å²) in [7, 11) is 3.99. The highest BCUT2D eigenvalue weighted by Gasteiger charge is 2.39. The van der Waals surface area contributed by atoms with E-state index in [1.807, 2.05) is 30.2 Å². The van der Waals surface area contributed by atoms with Gasteiger partial charge in [0.25, 0.3) is 5.91 Å². The summed E-state index contributed by atoms with van der Waals surface area (Å²) in [4.78, 5) is 30.7. The minimum atomic E-state index is -0.446. The lowest BCUT2D eigenvalue weighted by Crippen LogP contribution is -2.54. The van der Waals surface area contributed by atoms with Crippen LogP contribution in [0.4, 0.5) is 15.8 Å². The van der Waals surface area contributed by atoms with Gasteiger partial charge >= 0.3 is 0 Å². The Morgan fingerprint density at radius 3 is 2.61 bits per heavy atom. The summed E-state index contributed by atoms with van der Waals surface area (Å²) >= 11 is 0. The third kappa shape index (κ3) is 6.55. The van der Waals surface area contributed by atoms with Crippen LogP contribution >= 0.6 is 0 Å². The zero-order valence-corrected chi connectivity index (χ0v) is 23.7. The molecule has 3 heterocycles. The summed E-state index contributed by atoms with van der Waals surface area (Å²) in [5.41, 5.74) is 2.97. The number of rotatable bonds is 10. The fourth-order valence-electron chi connectivity index (χ4n) is 5.73. The Bertz CT molecular complexity index is 1290. The van der Waals surface area contributed by atoms with Gasteiger partial charge in [0.05, 0.1) is 23.9 Å². The van der Waals surface area contributed by atoms with E-state index in [-0.39, 0.29) is 35.9 Å². The quantitative estimate of drug-likeness (QED) is 0.329. The van der Waals surface area contributed by atoms with Crippen LogP contribution in [0.5, 0.6) is 5.75 Å². The number of hydrogen-bond donors (Lipinski definition) is 4. The summed E-state index contributed by atoms with van der Waals surface area (Å²) in [5.74, 6) is -0.255. The summed E-state index contributed by atoms with van der Waals surface area (Å²) in [6.07, 6.45) is 7.55. The lowest BCUT2D eigenvalue weighted by Gasteiger charge is -2.35. The van der Waals surface area contributed by atoms with E-state index in [1.54, 1.807) is 24.4 Å². The van der Waals surface area contributed by atoms with Gasteiger partial charge in [-0.05, 0) is 87.9 Å². The third-order valence-corrected chi connectivity index (χ3v) is 8.18. The lowest BCUT2D eigenvalue weighted by molar-refractivity contribution is -0.125. The molecule has 1 saturated heterocycles. The molecule has 2 aromatic rings. The molecule has 0 bridgehead atoms. The van der Waals surface area contributed by atoms with Crippen molar-refractivity contribution in [3.05, 3.63) is 72.2 Å². The fraction of sp³-hybridized carbons (Fsp3) is 0.419. The van der Waals surface area contributed by atoms with Gasteiger partial charge < -0.3 is 35.8 Å². The van der Waals surface area contributed by atoms with Gasteiger partial charge in [0, 0.05) is 30.9 Å². The van der Waals surface area contributed by atoms with Gasteiger partial charge in [0.15, 0.2) is 0 Å². The van der Waals surface area contributed by atoms with Crippen molar-refractivity contribution in [2.75, 3.05) is 51.0 Å². The van der Waals surface area contributed by atoms with E-state index in [2.05, 4.69) is 39.8 Å². The number of ether oxygens (including phenoxy) is 1. The number of carbonyl (C=O) groups excluding carboxylic acids is 2. The molecule has 41 heavy (non-hydrogen) atoms. The van der Waals surface area contributed by atoms with E-state index in [4.69, 9.17) is 4.74 Å². The van der Waals surface area contributed by atoms with E-state index in [1.165, 1.54) is 12.1 Å². The molecule has 3 aliphatic heterocycles. The Hall–Kier alpha value is -3.89. The second-order valence-corrected chi connectivity index (χ2v) is 10.9. The van der Waals surface area contributed by atoms with Crippen LogP contribution in [0.2, 0.25) is 0 Å². The number of benzene rings is 2. The topological polar surface area (TPSA) is 98.0 Å². The first-order valence-corrected chi connectivity index (χ1v) is 14.2. The van der Waals surface area contributed by atoms with Crippen LogP contribution in [-0.4, -0.2) is 80.2 Å². The molecule has 1 fully saturated rings. The molecule has 0 aromatic heterocycles. The van der Waals surface area contributed by atoms with Crippen molar-refractivity contribution in [1.29, 1.82) is 0 Å². The first-order valence-electron chi connectivity index (χ1n) is 14.2. The number of likely N-dealkylation sites (tertiary alicyclic amines) is 1. The van der Waals surface area contributed by atoms with Crippen LogP contribution in [-0.2, 0) is 4.79 Å². The number of hydrogen-bond acceptors (Lipinski definition) is 7. The Morgan fingerprint density at radius 2 is 1.90 bits per heavy atom. The Labute approximate surface area is 240 Å². The monoisotopic (exact) mass is 562 g/mol. The van der Waals surface area contributed by atoms with E-state index in [0.717, 1.165) is 42.9 Å². The first kappa shape index (κ1) is 28.6. The second-order valence-electron chi connectivity index (χ2n) is 10.9. The van der Waals surface area contributed by atoms with Gasteiger partial charge in [-0.15, -0.1) is 0 Å². The third-order valence-electron chi connectivity index (χ3n) is 8.18. The van der Waals surface area contributed by atoms with Crippen LogP contribution in [0.25, 0.3) is 6.08 Å². The number of piperidine rings is 1. The number of halogens is 1. The Balaban J connectivity index is 1.22. The molecule has 0 saturated carbocycles. The number of carbonyl (C=O) groups is 2. The van der Waals surface area contributed by atoms with Crippen molar-refractivity contribution in [2.24, 2.45) is 5.92 Å². The van der Waals surface area contributed by atoms with Crippen LogP contribution in [0.3, 0.4) is 0 Å². The summed E-state index contributed by atoms with van der Waals surface area (Å²) in [6.45, 7) is 6.99. The van der Waals surface area contributed by atoms with Crippen molar-refractivity contribution in [3.8, 4) is 5.75 Å². The highest BCUT2D eigenvalue weighted by molar-refractivity contribution is 6.01. The Kier molecular flexibility index (Phi) is 8.90. The molecule has 3 atom stereocenters. The van der Waals surface area contributed by atoms with Crippen LogP contribution in [0, 0.1) is 11.7 Å². The van der Waals surface area contributed by atoms with Crippen LogP contribution < -0.4 is 26.0 Å². The molecule has 218 valence electrons. The highest BCUT2D eigenvalue weighted by atomic mass is 19.1. The molecule has 10 heteroatoms. The van der Waals surface area contributed by atoms with E-state index >= 15 is 0 Å². The smallest absolute Gasteiger partial charge is 0.254 e. The molecule has 5 rings (SSSR count). The summed E-state index contributed by atoms with van der Waals surface area (Å²) in [5, 5.41) is 13.2. The molecule has 0 aliphatic carbocycles. The predicted molar refractivity (Wildman–Crippen MR) is 159 cm³/mol. The average molecular weight is 563 g/mol. The fourth-order valence-corrected chi connectivity index (χ4v) is 5.73. The number of nitrogens with one attached hydrogen (secondary N) is 4. The van der Waals surface area contributed by atoms with Crippen molar-refractivity contribution >= 4 is 29.3 Å². The van der Waals surface area contributed by atoms with Crippen molar-refractivity contribution in [1.82, 2.24) is 20.4 Å². The minimum absolute atomic E-state index is 0.0248. The zero-order chi connectivity index (χ0) is 28.9. The summed E-state index contributed by atoms with van der Waals surface area (Å²) in [6, 6.07) is 9.73. The average Bonchev–Trinajstić information content (AvgIpc) is 3.39. The molecule has 0 radical (unpaired) electrons. The maximum atomic E-state index is 13.6. The van der Waals surface area contributed by atoms with Crippen LogP contribution in [0.1, 0.15) is 35.2 Å². The summed E-state index contributed by atoms with van der Waals surface area (Å²) < 4.78 is 18.8. The molecule has 9 nitrogen and oxygen atoms in total. The first-order chi connectivity index (χ1) is 19.8. The second kappa shape index (κ2) is 12.7.